The molecular weight excluding hydrogens is 557 g/mol. The number of terminal acetylenes is 1. The third kappa shape index (κ3) is 5.64. The molecule has 1 aliphatic carbocycles. The standard InChI is InChI=1S/C33H35Cl2N3O3/c1-4-20-9-12-29(41-19-21(5-2)13-14-36-3)25(15-20)30-33(27-11-10-24(35)17-28(27)37-32(33)40)18-26(31(39)38-30)22-7-6-8-23(34)16-22/h1,6-12,15,17,21-22,26,30,36H,5,13-14,16,18-19H2,2-3H3,(H,37,40)(H,38,39)/t21?,22?,26-,30-,33-/m1/s1. The summed E-state index contributed by atoms with van der Waals surface area (Å²) in [4.78, 5) is 28.0. The minimum absolute atomic E-state index is 0.130. The molecule has 0 bridgehead atoms. The van der Waals surface area contributed by atoms with Crippen molar-refractivity contribution >= 4 is 40.7 Å². The average molecular weight is 593 g/mol. The van der Waals surface area contributed by atoms with E-state index in [0.717, 1.165) is 24.9 Å². The number of piperidine rings is 1. The third-order valence-corrected chi connectivity index (χ3v) is 9.21. The maximum absolute atomic E-state index is 14.1. The zero-order valence-electron chi connectivity index (χ0n) is 23.3. The average Bonchev–Trinajstić information content (AvgIpc) is 3.24. The fraction of sp³-hybridized carbons (Fsp3) is 0.394. The molecule has 3 aliphatic rings. The Kier molecular flexibility index (Phi) is 8.79. The molecule has 2 amide bonds. The maximum atomic E-state index is 14.1. The molecule has 1 saturated heterocycles. The summed E-state index contributed by atoms with van der Waals surface area (Å²) >= 11 is 12.7. The Hall–Kier alpha value is -3.24. The molecule has 0 saturated carbocycles. The zero-order chi connectivity index (χ0) is 29.1. The summed E-state index contributed by atoms with van der Waals surface area (Å²) in [6, 6.07) is 10.3. The van der Waals surface area contributed by atoms with E-state index in [9.17, 15) is 9.59 Å². The molecule has 8 heteroatoms. The normalized spacial score (nSPS) is 25.6. The molecule has 0 aromatic heterocycles. The number of nitrogens with one attached hydrogen (secondary N) is 3. The quantitative estimate of drug-likeness (QED) is 0.308. The Labute approximate surface area is 251 Å². The van der Waals surface area contributed by atoms with Gasteiger partial charge in [-0.25, -0.2) is 0 Å². The van der Waals surface area contributed by atoms with E-state index in [1.807, 2.05) is 49.5 Å². The molecule has 6 nitrogen and oxygen atoms in total. The molecule has 0 radical (unpaired) electrons. The predicted molar refractivity (Wildman–Crippen MR) is 164 cm³/mol. The van der Waals surface area contributed by atoms with E-state index in [1.165, 1.54) is 0 Å². The van der Waals surface area contributed by atoms with Crippen molar-refractivity contribution < 1.29 is 14.3 Å². The van der Waals surface area contributed by atoms with E-state index in [4.69, 9.17) is 34.4 Å². The minimum atomic E-state index is -1.11. The van der Waals surface area contributed by atoms with Crippen LogP contribution in [0, 0.1) is 30.1 Å². The van der Waals surface area contributed by atoms with Gasteiger partial charge in [0.2, 0.25) is 11.8 Å². The number of carbonyl (C=O) groups excluding carboxylic acids is 2. The van der Waals surface area contributed by atoms with Gasteiger partial charge in [-0.05, 0) is 86.7 Å². The SMILES string of the molecule is C#Cc1ccc(OCC(CC)CCNC)c([C@H]2NC(=O)[C@@H](C3C=CC=C(Cl)C3)C[C@]23C(=O)Nc2cc(Cl)ccc23)c1. The van der Waals surface area contributed by atoms with E-state index >= 15 is 0 Å². The Morgan fingerprint density at radius 3 is 2.78 bits per heavy atom. The highest BCUT2D eigenvalue weighted by molar-refractivity contribution is 6.31. The summed E-state index contributed by atoms with van der Waals surface area (Å²) in [5.41, 5.74) is 1.66. The summed E-state index contributed by atoms with van der Waals surface area (Å²) in [5, 5.41) is 10.7. The van der Waals surface area contributed by atoms with Crippen LogP contribution >= 0.6 is 23.2 Å². The van der Waals surface area contributed by atoms with Crippen molar-refractivity contribution in [2.45, 2.75) is 44.1 Å². The van der Waals surface area contributed by atoms with E-state index < -0.39 is 17.4 Å². The van der Waals surface area contributed by atoms with Crippen molar-refractivity contribution in [3.63, 3.8) is 0 Å². The predicted octanol–water partition coefficient (Wildman–Crippen LogP) is 6.10. The lowest BCUT2D eigenvalue weighted by atomic mass is 9.62. The second-order valence-corrected chi connectivity index (χ2v) is 12.0. The van der Waals surface area contributed by atoms with Gasteiger partial charge in [-0.1, -0.05) is 60.7 Å². The summed E-state index contributed by atoms with van der Waals surface area (Å²) in [5.74, 6) is 2.73. The second-order valence-electron chi connectivity index (χ2n) is 11.1. The number of benzene rings is 2. The summed E-state index contributed by atoms with van der Waals surface area (Å²) in [7, 11) is 1.94. The molecule has 5 atom stereocenters. The van der Waals surface area contributed by atoms with Gasteiger partial charge in [-0.2, -0.15) is 0 Å². The lowest BCUT2D eigenvalue weighted by molar-refractivity contribution is -0.135. The van der Waals surface area contributed by atoms with E-state index in [-0.39, 0.29) is 17.7 Å². The first-order valence-electron chi connectivity index (χ1n) is 14.1. The first kappa shape index (κ1) is 29.3. The first-order valence-corrected chi connectivity index (χ1v) is 14.9. The Bertz CT molecular complexity index is 1450. The number of fused-ring (bicyclic) bond motifs is 2. The molecule has 5 rings (SSSR count). The Balaban J connectivity index is 1.60. The van der Waals surface area contributed by atoms with Crippen LogP contribution in [0.25, 0.3) is 0 Å². The zero-order valence-corrected chi connectivity index (χ0v) is 24.8. The second kappa shape index (κ2) is 12.3. The molecule has 3 N–H and O–H groups in total. The first-order chi connectivity index (χ1) is 19.8. The van der Waals surface area contributed by atoms with Gasteiger partial charge in [0.15, 0.2) is 0 Å². The minimum Gasteiger partial charge on any atom is -0.493 e. The van der Waals surface area contributed by atoms with Gasteiger partial charge in [-0.3, -0.25) is 9.59 Å². The molecule has 41 heavy (non-hydrogen) atoms. The smallest absolute Gasteiger partial charge is 0.237 e. The van der Waals surface area contributed by atoms with Crippen molar-refractivity contribution in [1.82, 2.24) is 10.6 Å². The van der Waals surface area contributed by atoms with Gasteiger partial charge in [0.1, 0.15) is 11.2 Å². The van der Waals surface area contributed by atoms with Crippen LogP contribution in [0.5, 0.6) is 5.75 Å². The number of hydrogen-bond donors (Lipinski definition) is 3. The van der Waals surface area contributed by atoms with Crippen molar-refractivity contribution in [2.75, 3.05) is 25.5 Å². The van der Waals surface area contributed by atoms with Crippen LogP contribution in [0.4, 0.5) is 5.69 Å². The van der Waals surface area contributed by atoms with Crippen LogP contribution < -0.4 is 20.7 Å². The highest BCUT2D eigenvalue weighted by atomic mass is 35.5. The number of amides is 2. The molecule has 2 aromatic carbocycles. The summed E-state index contributed by atoms with van der Waals surface area (Å²) in [6.45, 7) is 3.55. The van der Waals surface area contributed by atoms with E-state index in [0.29, 0.717) is 58.0 Å². The van der Waals surface area contributed by atoms with Crippen LogP contribution in [0.2, 0.25) is 5.02 Å². The van der Waals surface area contributed by atoms with Crippen molar-refractivity contribution in [3.8, 4) is 18.1 Å². The van der Waals surface area contributed by atoms with Gasteiger partial charge < -0.3 is 20.7 Å². The van der Waals surface area contributed by atoms with E-state index in [2.05, 4.69) is 28.8 Å². The fourth-order valence-corrected chi connectivity index (χ4v) is 6.79. The number of allylic oxidation sites excluding steroid dienone is 4. The highest BCUT2D eigenvalue weighted by Crippen LogP contribution is 2.55. The fourth-order valence-electron chi connectivity index (χ4n) is 6.37. The van der Waals surface area contributed by atoms with Crippen LogP contribution in [0.3, 0.4) is 0 Å². The van der Waals surface area contributed by atoms with Gasteiger partial charge >= 0.3 is 0 Å². The number of carbonyl (C=O) groups is 2. The third-order valence-electron chi connectivity index (χ3n) is 8.70. The number of hydrogen-bond acceptors (Lipinski definition) is 4. The molecule has 2 unspecified atom stereocenters. The summed E-state index contributed by atoms with van der Waals surface area (Å²) < 4.78 is 6.44. The van der Waals surface area contributed by atoms with Gasteiger partial charge in [0, 0.05) is 32.8 Å². The van der Waals surface area contributed by atoms with Crippen LogP contribution in [-0.2, 0) is 15.0 Å². The maximum Gasteiger partial charge on any atom is 0.237 e. The number of halogens is 2. The molecule has 214 valence electrons. The van der Waals surface area contributed by atoms with Gasteiger partial charge in [-0.15, -0.1) is 6.42 Å². The topological polar surface area (TPSA) is 79.5 Å². The van der Waals surface area contributed by atoms with Gasteiger partial charge in [0.05, 0.1) is 12.6 Å². The van der Waals surface area contributed by atoms with Crippen LogP contribution in [0.15, 0.2) is 59.7 Å². The highest BCUT2D eigenvalue weighted by Gasteiger charge is 2.59. The molecule has 1 fully saturated rings. The molecule has 2 aliphatic heterocycles. The molecule has 2 heterocycles. The molecular formula is C33H35Cl2N3O3. The lowest BCUT2D eigenvalue weighted by Gasteiger charge is -2.45. The van der Waals surface area contributed by atoms with Crippen molar-refractivity contribution in [1.29, 1.82) is 0 Å². The number of ether oxygens (including phenoxy) is 1. The number of anilines is 1. The van der Waals surface area contributed by atoms with Crippen LogP contribution in [0.1, 0.15) is 55.3 Å². The van der Waals surface area contributed by atoms with E-state index in [1.54, 1.807) is 12.1 Å². The lowest BCUT2D eigenvalue weighted by Crippen LogP contribution is -2.57. The van der Waals surface area contributed by atoms with Crippen molar-refractivity contribution in [2.24, 2.45) is 17.8 Å². The Morgan fingerprint density at radius 1 is 1.22 bits per heavy atom. The van der Waals surface area contributed by atoms with Gasteiger partial charge in [0.25, 0.3) is 0 Å². The van der Waals surface area contributed by atoms with Crippen molar-refractivity contribution in [3.05, 3.63) is 81.4 Å². The molecule has 2 aromatic rings. The largest absolute Gasteiger partial charge is 0.493 e. The Morgan fingerprint density at radius 2 is 2.05 bits per heavy atom. The monoisotopic (exact) mass is 591 g/mol. The van der Waals surface area contributed by atoms with Crippen LogP contribution in [-0.4, -0.2) is 32.0 Å². The summed E-state index contributed by atoms with van der Waals surface area (Å²) in [6.07, 6.45) is 14.3. The number of rotatable bonds is 9. The molecule has 1 spiro atoms.